The van der Waals surface area contributed by atoms with E-state index in [0.717, 1.165) is 38.8 Å². The molecule has 98 valence electrons. The molecule has 1 N–H and O–H groups in total. The van der Waals surface area contributed by atoms with Crippen LogP contribution in [-0.2, 0) is 4.79 Å². The third-order valence-electron chi connectivity index (χ3n) is 3.78. The Hall–Kier alpha value is -0.610. The number of aliphatic hydroxyl groups is 1. The van der Waals surface area contributed by atoms with Gasteiger partial charge in [0, 0.05) is 19.6 Å². The van der Waals surface area contributed by atoms with Gasteiger partial charge in [-0.05, 0) is 45.1 Å². The Labute approximate surface area is 104 Å². The zero-order chi connectivity index (χ0) is 12.3. The Morgan fingerprint density at radius 2 is 2.00 bits per heavy atom. The second kappa shape index (κ2) is 5.83. The Balaban J connectivity index is 1.69. The molecule has 1 saturated heterocycles. The topological polar surface area (TPSA) is 43.8 Å². The van der Waals surface area contributed by atoms with E-state index in [4.69, 9.17) is 0 Å². The summed E-state index contributed by atoms with van der Waals surface area (Å²) in [6.07, 6.45) is 5.58. The van der Waals surface area contributed by atoms with Gasteiger partial charge in [-0.1, -0.05) is 0 Å². The summed E-state index contributed by atoms with van der Waals surface area (Å²) < 4.78 is 0. The van der Waals surface area contributed by atoms with Crippen LogP contribution in [0.1, 0.15) is 32.1 Å². The standard InChI is InChI=1S/C13H24N2O2/c1-14(9-12(16)11-5-6-11)10-13(17)15-7-3-2-4-8-15/h11-12,16H,2-10H2,1H3. The third kappa shape index (κ3) is 3.96. The van der Waals surface area contributed by atoms with E-state index in [-0.39, 0.29) is 12.0 Å². The summed E-state index contributed by atoms with van der Waals surface area (Å²) in [5.74, 6) is 0.706. The van der Waals surface area contributed by atoms with E-state index in [0.29, 0.717) is 19.0 Å². The first kappa shape index (κ1) is 12.8. The highest BCUT2D eigenvalue weighted by Crippen LogP contribution is 2.32. The predicted molar refractivity (Wildman–Crippen MR) is 66.7 cm³/mol. The van der Waals surface area contributed by atoms with Crippen LogP contribution in [0.25, 0.3) is 0 Å². The van der Waals surface area contributed by atoms with Crippen molar-refractivity contribution in [2.75, 3.05) is 33.2 Å². The molecule has 4 nitrogen and oxygen atoms in total. The maximum atomic E-state index is 12.0. The van der Waals surface area contributed by atoms with E-state index >= 15 is 0 Å². The molecule has 1 heterocycles. The van der Waals surface area contributed by atoms with Crippen LogP contribution in [0.2, 0.25) is 0 Å². The van der Waals surface area contributed by atoms with Gasteiger partial charge in [0.1, 0.15) is 0 Å². The lowest BCUT2D eigenvalue weighted by atomic mass is 10.1. The van der Waals surface area contributed by atoms with Gasteiger partial charge in [0.15, 0.2) is 0 Å². The van der Waals surface area contributed by atoms with Crippen LogP contribution in [0.4, 0.5) is 0 Å². The minimum Gasteiger partial charge on any atom is -0.392 e. The van der Waals surface area contributed by atoms with E-state index in [1.165, 1.54) is 6.42 Å². The van der Waals surface area contributed by atoms with Gasteiger partial charge in [-0.25, -0.2) is 0 Å². The number of piperidine rings is 1. The van der Waals surface area contributed by atoms with Gasteiger partial charge >= 0.3 is 0 Å². The van der Waals surface area contributed by atoms with E-state index in [2.05, 4.69) is 0 Å². The minimum atomic E-state index is -0.242. The number of nitrogens with zero attached hydrogens (tertiary/aromatic N) is 2. The normalized spacial score (nSPS) is 22.9. The Morgan fingerprint density at radius 1 is 1.35 bits per heavy atom. The van der Waals surface area contributed by atoms with Crippen molar-refractivity contribution in [1.82, 2.24) is 9.80 Å². The van der Waals surface area contributed by atoms with Crippen LogP contribution in [0.15, 0.2) is 0 Å². The van der Waals surface area contributed by atoms with Gasteiger partial charge in [-0.2, -0.15) is 0 Å². The second-order valence-electron chi connectivity index (χ2n) is 5.54. The molecule has 1 amide bonds. The molecule has 0 bridgehead atoms. The van der Waals surface area contributed by atoms with Crippen LogP contribution < -0.4 is 0 Å². The van der Waals surface area contributed by atoms with Gasteiger partial charge in [0.25, 0.3) is 0 Å². The zero-order valence-corrected chi connectivity index (χ0v) is 10.8. The summed E-state index contributed by atoms with van der Waals surface area (Å²) in [5.41, 5.74) is 0. The van der Waals surface area contributed by atoms with Crippen molar-refractivity contribution in [2.45, 2.75) is 38.2 Å². The Morgan fingerprint density at radius 3 is 2.59 bits per heavy atom. The van der Waals surface area contributed by atoms with Crippen molar-refractivity contribution in [3.63, 3.8) is 0 Å². The molecule has 1 saturated carbocycles. The third-order valence-corrected chi connectivity index (χ3v) is 3.78. The molecule has 0 aromatic heterocycles. The summed E-state index contributed by atoms with van der Waals surface area (Å²) in [6.45, 7) is 2.91. The molecular weight excluding hydrogens is 216 g/mol. The van der Waals surface area contributed by atoms with Gasteiger partial charge in [0.05, 0.1) is 12.6 Å². The van der Waals surface area contributed by atoms with Crippen LogP contribution in [-0.4, -0.2) is 60.1 Å². The van der Waals surface area contributed by atoms with Gasteiger partial charge in [-0.15, -0.1) is 0 Å². The van der Waals surface area contributed by atoms with Crippen LogP contribution in [0.3, 0.4) is 0 Å². The lowest BCUT2D eigenvalue weighted by molar-refractivity contribution is -0.133. The largest absolute Gasteiger partial charge is 0.392 e. The van der Waals surface area contributed by atoms with E-state index in [1.54, 1.807) is 0 Å². The summed E-state index contributed by atoms with van der Waals surface area (Å²) in [6, 6.07) is 0. The average molecular weight is 240 g/mol. The van der Waals surface area contributed by atoms with Crippen molar-refractivity contribution < 1.29 is 9.90 Å². The second-order valence-corrected chi connectivity index (χ2v) is 5.54. The van der Waals surface area contributed by atoms with Crippen LogP contribution in [0, 0.1) is 5.92 Å². The highest BCUT2D eigenvalue weighted by molar-refractivity contribution is 5.78. The smallest absolute Gasteiger partial charge is 0.236 e. The summed E-state index contributed by atoms with van der Waals surface area (Å²) in [4.78, 5) is 15.9. The fourth-order valence-electron chi connectivity index (χ4n) is 2.49. The molecule has 2 rings (SSSR count). The van der Waals surface area contributed by atoms with Crippen molar-refractivity contribution in [3.05, 3.63) is 0 Å². The zero-order valence-electron chi connectivity index (χ0n) is 10.8. The molecule has 0 aromatic rings. The molecule has 1 atom stereocenters. The lowest BCUT2D eigenvalue weighted by Gasteiger charge is -2.29. The molecule has 0 radical (unpaired) electrons. The molecule has 1 unspecified atom stereocenters. The molecule has 2 aliphatic rings. The van der Waals surface area contributed by atoms with Crippen LogP contribution >= 0.6 is 0 Å². The summed E-state index contributed by atoms with van der Waals surface area (Å²) >= 11 is 0. The van der Waals surface area contributed by atoms with Crippen molar-refractivity contribution in [2.24, 2.45) is 5.92 Å². The monoisotopic (exact) mass is 240 g/mol. The molecule has 2 fully saturated rings. The number of rotatable bonds is 5. The average Bonchev–Trinajstić information content (AvgIpc) is 3.13. The summed E-state index contributed by atoms with van der Waals surface area (Å²) in [7, 11) is 1.92. The van der Waals surface area contributed by atoms with E-state index < -0.39 is 0 Å². The molecule has 1 aliphatic carbocycles. The van der Waals surface area contributed by atoms with Crippen molar-refractivity contribution in [3.8, 4) is 0 Å². The first-order valence-electron chi connectivity index (χ1n) is 6.81. The SMILES string of the molecule is CN(CC(=O)N1CCCCC1)CC(O)C1CC1. The number of hydrogen-bond acceptors (Lipinski definition) is 3. The van der Waals surface area contributed by atoms with Crippen LogP contribution in [0.5, 0.6) is 0 Å². The maximum absolute atomic E-state index is 12.0. The minimum absolute atomic E-state index is 0.218. The number of hydrogen-bond donors (Lipinski definition) is 1. The van der Waals surface area contributed by atoms with Crippen molar-refractivity contribution in [1.29, 1.82) is 0 Å². The molecule has 4 heteroatoms. The predicted octanol–water partition coefficient (Wildman–Crippen LogP) is 0.702. The molecule has 0 spiro atoms. The Kier molecular flexibility index (Phi) is 4.40. The first-order valence-corrected chi connectivity index (χ1v) is 6.81. The fourth-order valence-corrected chi connectivity index (χ4v) is 2.49. The number of carbonyl (C=O) groups excluding carboxylic acids is 1. The molecule has 17 heavy (non-hydrogen) atoms. The Bertz CT molecular complexity index is 260. The van der Waals surface area contributed by atoms with Crippen molar-refractivity contribution >= 4 is 5.91 Å². The van der Waals surface area contributed by atoms with E-state index in [9.17, 15) is 9.90 Å². The number of carbonyl (C=O) groups is 1. The lowest BCUT2D eigenvalue weighted by Crippen LogP contribution is -2.43. The number of likely N-dealkylation sites (tertiary alicyclic amines) is 1. The van der Waals surface area contributed by atoms with E-state index in [1.807, 2.05) is 16.8 Å². The molecular formula is C13H24N2O2. The molecule has 1 aliphatic heterocycles. The fraction of sp³-hybridized carbons (Fsp3) is 0.923. The molecule has 0 aromatic carbocycles. The van der Waals surface area contributed by atoms with Gasteiger partial charge in [0.2, 0.25) is 5.91 Å². The first-order chi connectivity index (χ1) is 8.16. The highest BCUT2D eigenvalue weighted by atomic mass is 16.3. The van der Waals surface area contributed by atoms with Gasteiger partial charge < -0.3 is 10.0 Å². The summed E-state index contributed by atoms with van der Waals surface area (Å²) in [5, 5.41) is 9.82. The number of likely N-dealkylation sites (N-methyl/N-ethyl adjacent to an activating group) is 1. The van der Waals surface area contributed by atoms with Gasteiger partial charge in [-0.3, -0.25) is 9.69 Å². The number of amides is 1. The maximum Gasteiger partial charge on any atom is 0.236 e. The highest BCUT2D eigenvalue weighted by Gasteiger charge is 2.30. The quantitative estimate of drug-likeness (QED) is 0.769. The number of aliphatic hydroxyl groups excluding tert-OH is 1.